The molecule has 1 aliphatic rings. The molecule has 100 valence electrons. The topological polar surface area (TPSA) is 6.48 Å². The first-order chi connectivity index (χ1) is 8.20. The van der Waals surface area contributed by atoms with Gasteiger partial charge in [0.05, 0.1) is 0 Å². The molecule has 0 radical (unpaired) electrons. The quantitative estimate of drug-likeness (QED) is 0.585. The second-order valence-electron chi connectivity index (χ2n) is 5.41. The molecule has 1 rings (SSSR count). The van der Waals surface area contributed by atoms with Gasteiger partial charge in [0.2, 0.25) is 0 Å². The summed E-state index contributed by atoms with van der Waals surface area (Å²) in [4.78, 5) is 5.04. The van der Waals surface area contributed by atoms with Crippen molar-refractivity contribution in [1.29, 1.82) is 0 Å². The van der Waals surface area contributed by atoms with E-state index in [1.807, 2.05) is 0 Å². The maximum Gasteiger partial charge on any atom is 0.101 e. The Bertz CT molecular complexity index is 223. The first kappa shape index (κ1) is 14.4. The van der Waals surface area contributed by atoms with Crippen LogP contribution in [-0.4, -0.2) is 28.6 Å². The molecule has 0 aromatic heterocycles. The number of unbranched alkanes of at least 4 members (excludes halogenated alkanes) is 3. The van der Waals surface area contributed by atoms with E-state index in [0.29, 0.717) is 12.2 Å². The van der Waals surface area contributed by atoms with Crippen LogP contribution in [0.1, 0.15) is 66.2 Å². The van der Waals surface area contributed by atoms with Gasteiger partial charge in [-0.05, 0) is 33.1 Å². The zero-order chi connectivity index (χ0) is 12.7. The minimum absolute atomic E-state index is 0.615. The normalized spacial score (nSPS) is 19.7. The van der Waals surface area contributed by atoms with E-state index in [4.69, 9.17) is 0 Å². The van der Waals surface area contributed by atoms with E-state index in [2.05, 4.69) is 49.9 Å². The highest BCUT2D eigenvalue weighted by Gasteiger charge is 2.26. The minimum atomic E-state index is 0.615. The number of rotatable bonds is 8. The average Bonchev–Trinajstić information content (AvgIpc) is 2.68. The van der Waals surface area contributed by atoms with Crippen LogP contribution in [0, 0.1) is 0 Å². The van der Waals surface area contributed by atoms with Gasteiger partial charge in [-0.25, -0.2) is 0 Å². The molecular formula is C15H30N2. The Hall–Kier alpha value is -0.660. The van der Waals surface area contributed by atoms with Gasteiger partial charge >= 0.3 is 0 Å². The van der Waals surface area contributed by atoms with Gasteiger partial charge in [0.1, 0.15) is 6.17 Å². The van der Waals surface area contributed by atoms with E-state index >= 15 is 0 Å². The molecule has 0 N–H and O–H groups in total. The SMILES string of the molecule is CCCCCCC1N(CCC)C=CN1C(C)C. The van der Waals surface area contributed by atoms with Crippen molar-refractivity contribution in [3.05, 3.63) is 12.4 Å². The van der Waals surface area contributed by atoms with Crippen molar-refractivity contribution in [3.63, 3.8) is 0 Å². The molecule has 2 heteroatoms. The summed E-state index contributed by atoms with van der Waals surface area (Å²) in [6.07, 6.45) is 13.2. The zero-order valence-corrected chi connectivity index (χ0v) is 12.2. The van der Waals surface area contributed by atoms with Crippen LogP contribution in [-0.2, 0) is 0 Å². The molecule has 0 saturated carbocycles. The van der Waals surface area contributed by atoms with Gasteiger partial charge < -0.3 is 9.80 Å². The van der Waals surface area contributed by atoms with Crippen LogP contribution in [0.3, 0.4) is 0 Å². The Kier molecular flexibility index (Phi) is 6.46. The predicted molar refractivity (Wildman–Crippen MR) is 75.7 cm³/mol. The second-order valence-corrected chi connectivity index (χ2v) is 5.41. The summed E-state index contributed by atoms with van der Waals surface area (Å²) < 4.78 is 0. The summed E-state index contributed by atoms with van der Waals surface area (Å²) >= 11 is 0. The first-order valence-electron chi connectivity index (χ1n) is 7.42. The largest absolute Gasteiger partial charge is 0.356 e. The number of hydrogen-bond donors (Lipinski definition) is 0. The molecular weight excluding hydrogens is 208 g/mol. The van der Waals surface area contributed by atoms with Crippen LogP contribution >= 0.6 is 0 Å². The summed E-state index contributed by atoms with van der Waals surface area (Å²) in [5.41, 5.74) is 0. The Morgan fingerprint density at radius 1 is 1.00 bits per heavy atom. The van der Waals surface area contributed by atoms with E-state index in [1.165, 1.54) is 45.1 Å². The highest BCUT2D eigenvalue weighted by atomic mass is 15.4. The molecule has 0 fully saturated rings. The molecule has 0 saturated heterocycles. The number of hydrogen-bond acceptors (Lipinski definition) is 2. The van der Waals surface area contributed by atoms with Crippen LogP contribution in [0.15, 0.2) is 12.4 Å². The molecule has 0 spiro atoms. The average molecular weight is 238 g/mol. The molecule has 17 heavy (non-hydrogen) atoms. The van der Waals surface area contributed by atoms with E-state index in [9.17, 15) is 0 Å². The van der Waals surface area contributed by atoms with Gasteiger partial charge in [-0.3, -0.25) is 0 Å². The fourth-order valence-corrected chi connectivity index (χ4v) is 2.60. The molecule has 2 nitrogen and oxygen atoms in total. The van der Waals surface area contributed by atoms with Crippen LogP contribution in [0.5, 0.6) is 0 Å². The molecule has 0 aliphatic carbocycles. The smallest absolute Gasteiger partial charge is 0.101 e. The fourth-order valence-electron chi connectivity index (χ4n) is 2.60. The van der Waals surface area contributed by atoms with Crippen LogP contribution in [0.2, 0.25) is 0 Å². The summed E-state index contributed by atoms with van der Waals surface area (Å²) in [6, 6.07) is 0.615. The molecule has 0 bridgehead atoms. The lowest BCUT2D eigenvalue weighted by Crippen LogP contribution is -2.42. The van der Waals surface area contributed by atoms with Crippen molar-refractivity contribution in [2.75, 3.05) is 6.54 Å². The highest BCUT2D eigenvalue weighted by molar-refractivity contribution is 4.98. The monoisotopic (exact) mass is 238 g/mol. The summed E-state index contributed by atoms with van der Waals surface area (Å²) in [5.74, 6) is 0. The van der Waals surface area contributed by atoms with Crippen molar-refractivity contribution in [3.8, 4) is 0 Å². The zero-order valence-electron chi connectivity index (χ0n) is 12.2. The van der Waals surface area contributed by atoms with Crippen molar-refractivity contribution in [2.45, 2.75) is 78.4 Å². The molecule has 0 amide bonds. The van der Waals surface area contributed by atoms with Gasteiger partial charge in [0.25, 0.3) is 0 Å². The fraction of sp³-hybridized carbons (Fsp3) is 0.867. The maximum atomic E-state index is 2.52. The lowest BCUT2D eigenvalue weighted by Gasteiger charge is -2.35. The number of nitrogens with zero attached hydrogens (tertiary/aromatic N) is 2. The molecule has 0 aromatic rings. The van der Waals surface area contributed by atoms with Crippen molar-refractivity contribution < 1.29 is 0 Å². The van der Waals surface area contributed by atoms with Crippen molar-refractivity contribution >= 4 is 0 Å². The third kappa shape index (κ3) is 4.25. The Morgan fingerprint density at radius 2 is 1.76 bits per heavy atom. The van der Waals surface area contributed by atoms with E-state index in [-0.39, 0.29) is 0 Å². The van der Waals surface area contributed by atoms with E-state index in [0.717, 1.165) is 0 Å². The van der Waals surface area contributed by atoms with Crippen LogP contribution < -0.4 is 0 Å². The third-order valence-corrected chi connectivity index (χ3v) is 3.55. The van der Waals surface area contributed by atoms with Crippen molar-refractivity contribution in [2.24, 2.45) is 0 Å². The van der Waals surface area contributed by atoms with Gasteiger partial charge in [0.15, 0.2) is 0 Å². The Balaban J connectivity index is 2.43. The molecule has 1 atom stereocenters. The first-order valence-corrected chi connectivity index (χ1v) is 7.42. The molecule has 1 aliphatic heterocycles. The van der Waals surface area contributed by atoms with Gasteiger partial charge in [0, 0.05) is 25.0 Å². The van der Waals surface area contributed by atoms with Gasteiger partial charge in [-0.2, -0.15) is 0 Å². The van der Waals surface area contributed by atoms with E-state index < -0.39 is 0 Å². The van der Waals surface area contributed by atoms with Gasteiger partial charge in [-0.15, -0.1) is 0 Å². The standard InChI is InChI=1S/C15H30N2/c1-5-7-8-9-10-15-16(11-6-2)12-13-17(15)14(3)4/h12-15H,5-11H2,1-4H3. The molecule has 1 unspecified atom stereocenters. The molecule has 0 aromatic carbocycles. The van der Waals surface area contributed by atoms with Crippen LogP contribution in [0.25, 0.3) is 0 Å². The maximum absolute atomic E-state index is 2.52. The highest BCUT2D eigenvalue weighted by Crippen LogP contribution is 2.23. The summed E-state index contributed by atoms with van der Waals surface area (Å²) in [7, 11) is 0. The minimum Gasteiger partial charge on any atom is -0.356 e. The Morgan fingerprint density at radius 3 is 2.35 bits per heavy atom. The lowest BCUT2D eigenvalue weighted by molar-refractivity contribution is 0.115. The third-order valence-electron chi connectivity index (χ3n) is 3.55. The molecule has 1 heterocycles. The van der Waals surface area contributed by atoms with E-state index in [1.54, 1.807) is 0 Å². The van der Waals surface area contributed by atoms with Gasteiger partial charge in [-0.1, -0.05) is 33.1 Å². The predicted octanol–water partition coefficient (Wildman–Crippen LogP) is 4.19. The van der Waals surface area contributed by atoms with Crippen molar-refractivity contribution in [1.82, 2.24) is 9.80 Å². The van der Waals surface area contributed by atoms with Crippen LogP contribution in [0.4, 0.5) is 0 Å². The Labute approximate surface area is 108 Å². The summed E-state index contributed by atoms with van der Waals surface area (Å²) in [6.45, 7) is 10.3. The second kappa shape index (κ2) is 7.62. The summed E-state index contributed by atoms with van der Waals surface area (Å²) in [5, 5.41) is 0. The lowest BCUT2D eigenvalue weighted by atomic mass is 10.1.